The third kappa shape index (κ3) is 9.71. The van der Waals surface area contributed by atoms with Crippen LogP contribution in [0.4, 0.5) is 37.7 Å². The van der Waals surface area contributed by atoms with Gasteiger partial charge in [0.2, 0.25) is 10.0 Å². The van der Waals surface area contributed by atoms with Gasteiger partial charge < -0.3 is 10.6 Å². The van der Waals surface area contributed by atoms with Crippen molar-refractivity contribution in [2.75, 3.05) is 17.7 Å². The van der Waals surface area contributed by atoms with E-state index in [-0.39, 0.29) is 21.2 Å². The molecule has 9 nitrogen and oxygen atoms in total. The van der Waals surface area contributed by atoms with Crippen LogP contribution in [-0.2, 0) is 28.7 Å². The summed E-state index contributed by atoms with van der Waals surface area (Å²) in [4.78, 5) is 20.8. The van der Waals surface area contributed by atoms with Gasteiger partial charge in [0.1, 0.15) is 0 Å². The van der Waals surface area contributed by atoms with Crippen molar-refractivity contribution in [2.45, 2.75) is 22.1 Å². The molecule has 18 heteroatoms. The van der Waals surface area contributed by atoms with E-state index in [4.69, 9.17) is 10.7 Å². The molecular weight excluding hydrogens is 556 g/mol. The van der Waals surface area contributed by atoms with E-state index in [1.807, 2.05) is 4.72 Å². The van der Waals surface area contributed by atoms with Gasteiger partial charge >= 0.3 is 24.2 Å². The maximum Gasteiger partial charge on any atom is 0.471 e. The van der Waals surface area contributed by atoms with Crippen LogP contribution in [0.3, 0.4) is 0 Å². The highest BCUT2D eigenvalue weighted by Gasteiger charge is 2.39. The smallest absolute Gasteiger partial charge is 0.318 e. The van der Waals surface area contributed by atoms with Crippen molar-refractivity contribution in [3.8, 4) is 0 Å². The molecule has 0 aliphatic heterocycles. The van der Waals surface area contributed by atoms with Gasteiger partial charge in [0, 0.05) is 22.1 Å². The normalized spacial score (nSPS) is 12.2. The van der Waals surface area contributed by atoms with Crippen LogP contribution in [0.5, 0.6) is 0 Å². The van der Waals surface area contributed by atoms with Crippen LogP contribution in [0.25, 0.3) is 0 Å². The first kappa shape index (κ1) is 30.1. The number of carbonyl (C=O) groups is 2. The summed E-state index contributed by atoms with van der Waals surface area (Å²) in [5.74, 6) is -4.26. The molecule has 194 valence electrons. The molecule has 0 aliphatic carbocycles. The lowest BCUT2D eigenvalue weighted by Crippen LogP contribution is -2.29. The van der Waals surface area contributed by atoms with Gasteiger partial charge in [-0.15, -0.1) is 0 Å². The van der Waals surface area contributed by atoms with E-state index in [0.29, 0.717) is 0 Å². The first-order valence-corrected chi connectivity index (χ1v) is 12.4. The van der Waals surface area contributed by atoms with Gasteiger partial charge in [0.15, 0.2) is 0 Å². The third-order valence-electron chi connectivity index (χ3n) is 3.60. The van der Waals surface area contributed by atoms with Crippen molar-refractivity contribution < 1.29 is 52.8 Å². The average molecular weight is 570 g/mol. The van der Waals surface area contributed by atoms with Crippen molar-refractivity contribution in [3.05, 3.63) is 48.5 Å². The van der Waals surface area contributed by atoms with E-state index < -0.39 is 43.2 Å². The maximum absolute atomic E-state index is 11.9. The lowest BCUT2D eigenvalue weighted by molar-refractivity contribution is -0.167. The number of anilines is 2. The number of rotatable bonds is 5. The maximum atomic E-state index is 11.9. The Kier molecular flexibility index (Phi) is 9.67. The van der Waals surface area contributed by atoms with Crippen molar-refractivity contribution in [2.24, 2.45) is 0 Å². The Hall–Kier alpha value is -2.89. The fourth-order valence-corrected chi connectivity index (χ4v) is 3.44. The van der Waals surface area contributed by atoms with E-state index in [1.165, 1.54) is 7.05 Å². The van der Waals surface area contributed by atoms with Gasteiger partial charge in [0.05, 0.1) is 9.79 Å². The summed E-state index contributed by atoms with van der Waals surface area (Å²) in [6.45, 7) is 0. The predicted octanol–water partition coefficient (Wildman–Crippen LogP) is 3.21. The molecule has 0 aliphatic rings. The summed E-state index contributed by atoms with van der Waals surface area (Å²) in [5.41, 5.74) is -0.330. The Morgan fingerprint density at radius 1 is 0.686 bits per heavy atom. The lowest BCUT2D eigenvalue weighted by Gasteiger charge is -2.08. The van der Waals surface area contributed by atoms with Crippen LogP contribution in [0.1, 0.15) is 0 Å². The topological polar surface area (TPSA) is 139 Å². The number of carbonyl (C=O) groups excluding carboxylic acids is 2. The molecule has 35 heavy (non-hydrogen) atoms. The summed E-state index contributed by atoms with van der Waals surface area (Å²) in [6.07, 6.45) is -9.99. The molecule has 0 saturated carbocycles. The van der Waals surface area contributed by atoms with E-state index in [1.54, 1.807) is 10.6 Å². The zero-order valence-electron chi connectivity index (χ0n) is 17.0. The first-order valence-electron chi connectivity index (χ1n) is 8.62. The minimum absolute atomic E-state index is 0.116. The van der Waals surface area contributed by atoms with Crippen LogP contribution >= 0.6 is 10.7 Å². The molecule has 0 fully saturated rings. The zero-order chi connectivity index (χ0) is 27.2. The van der Waals surface area contributed by atoms with Crippen LogP contribution in [0, 0.1) is 0 Å². The number of benzene rings is 2. The number of nitrogens with one attached hydrogen (secondary N) is 3. The number of hydrogen-bond acceptors (Lipinski definition) is 6. The largest absolute Gasteiger partial charge is 0.471 e. The summed E-state index contributed by atoms with van der Waals surface area (Å²) >= 11 is 0. The quantitative estimate of drug-likeness (QED) is 0.373. The molecule has 0 spiro atoms. The van der Waals surface area contributed by atoms with Crippen LogP contribution in [0.2, 0.25) is 0 Å². The van der Waals surface area contributed by atoms with Gasteiger partial charge in [0.25, 0.3) is 9.05 Å². The molecule has 2 rings (SSSR count). The fraction of sp³-hybridized carbons (Fsp3) is 0.176. The van der Waals surface area contributed by atoms with Gasteiger partial charge in [-0.05, 0) is 55.6 Å². The molecule has 2 aromatic rings. The standard InChI is InChI=1S/C9H9F3N2O3S.C8H5ClF3NO3S/c1-13-18(16,17)7-4-2-6(3-5-7)14-8(15)9(10,11)12;9-17(15,16)6-3-1-5(2-4-6)13-7(14)8(10,11)12/h2-5,13H,1H3,(H,14,15);1-4H,(H,13,14). The zero-order valence-corrected chi connectivity index (χ0v) is 19.4. The Balaban J connectivity index is 0.000000351. The highest BCUT2D eigenvalue weighted by atomic mass is 35.7. The highest BCUT2D eigenvalue weighted by Crippen LogP contribution is 2.21. The second-order valence-electron chi connectivity index (χ2n) is 6.10. The third-order valence-corrected chi connectivity index (χ3v) is 6.40. The van der Waals surface area contributed by atoms with Crippen molar-refractivity contribution in [1.29, 1.82) is 0 Å². The minimum atomic E-state index is -5.00. The second-order valence-corrected chi connectivity index (χ2v) is 10.6. The van der Waals surface area contributed by atoms with Crippen LogP contribution < -0.4 is 15.4 Å². The number of halogens is 7. The minimum Gasteiger partial charge on any atom is -0.318 e. The van der Waals surface area contributed by atoms with Gasteiger partial charge in [-0.2, -0.15) is 26.3 Å². The molecule has 0 heterocycles. The molecule has 0 saturated heterocycles. The summed E-state index contributed by atoms with van der Waals surface area (Å²) in [7, 11) is -1.40. The van der Waals surface area contributed by atoms with E-state index in [9.17, 15) is 52.8 Å². The van der Waals surface area contributed by atoms with Crippen molar-refractivity contribution in [3.63, 3.8) is 0 Å². The molecule has 0 atom stereocenters. The molecule has 0 bridgehead atoms. The Morgan fingerprint density at radius 3 is 1.26 bits per heavy atom. The molecule has 0 aromatic heterocycles. The number of hydrogen-bond donors (Lipinski definition) is 3. The predicted molar refractivity (Wildman–Crippen MR) is 112 cm³/mol. The second kappa shape index (κ2) is 11.2. The van der Waals surface area contributed by atoms with Crippen LogP contribution in [0.15, 0.2) is 58.3 Å². The summed E-state index contributed by atoms with van der Waals surface area (Å²) in [5, 5.41) is 3.16. The monoisotopic (exact) mass is 569 g/mol. The van der Waals surface area contributed by atoms with Crippen molar-refractivity contribution >= 4 is 52.9 Å². The molecule has 0 radical (unpaired) electrons. The number of sulfonamides is 1. The lowest BCUT2D eigenvalue weighted by atomic mass is 10.3. The first-order chi connectivity index (χ1) is 15.8. The van der Waals surface area contributed by atoms with Crippen molar-refractivity contribution in [1.82, 2.24) is 4.72 Å². The Bertz CT molecular complexity index is 1260. The summed E-state index contributed by atoms with van der Waals surface area (Å²) in [6, 6.07) is 8.25. The molecule has 2 aromatic carbocycles. The van der Waals surface area contributed by atoms with Crippen LogP contribution in [-0.4, -0.2) is 48.1 Å². The Labute approximate surface area is 198 Å². The molecule has 2 amide bonds. The summed E-state index contributed by atoms with van der Waals surface area (Å²) < 4.78 is 118. The van der Waals surface area contributed by atoms with Gasteiger partial charge in [-0.25, -0.2) is 21.6 Å². The van der Waals surface area contributed by atoms with Gasteiger partial charge in [-0.3, -0.25) is 9.59 Å². The van der Waals surface area contributed by atoms with E-state index in [0.717, 1.165) is 48.5 Å². The number of alkyl halides is 6. The number of amides is 2. The molecular formula is C17H14ClF6N3O6S2. The van der Waals surface area contributed by atoms with E-state index in [2.05, 4.69) is 0 Å². The van der Waals surface area contributed by atoms with Gasteiger partial charge in [-0.1, -0.05) is 0 Å². The highest BCUT2D eigenvalue weighted by molar-refractivity contribution is 8.13. The van der Waals surface area contributed by atoms with E-state index >= 15 is 0 Å². The Morgan fingerprint density at radius 2 is 1.00 bits per heavy atom. The SMILES string of the molecule is CNS(=O)(=O)c1ccc(NC(=O)C(F)(F)F)cc1.O=C(Nc1ccc(S(=O)(=O)Cl)cc1)C(F)(F)F. The molecule has 3 N–H and O–H groups in total. The fourth-order valence-electron chi connectivity index (χ4n) is 1.94. The molecule has 0 unspecified atom stereocenters. The average Bonchev–Trinajstić information content (AvgIpc) is 2.73.